The second-order valence-corrected chi connectivity index (χ2v) is 6.13. The number of carbonyl (C=O) groups excluding carboxylic acids is 1. The molecular weight excluding hydrogens is 288 g/mol. The Labute approximate surface area is 126 Å². The van der Waals surface area contributed by atoms with Gasteiger partial charge in [0.2, 0.25) is 17.0 Å². The lowest BCUT2D eigenvalue weighted by Crippen LogP contribution is -2.41. The third kappa shape index (κ3) is 3.33. The molecule has 8 heteroatoms. The van der Waals surface area contributed by atoms with Crippen LogP contribution in [-0.2, 0) is 4.79 Å². The predicted molar refractivity (Wildman–Crippen MR) is 80.2 cm³/mol. The fourth-order valence-electron chi connectivity index (χ4n) is 2.38. The zero-order chi connectivity index (χ0) is 14.7. The number of hydrogen-bond acceptors (Lipinski definition) is 7. The van der Waals surface area contributed by atoms with Crippen molar-refractivity contribution in [1.29, 1.82) is 0 Å². The van der Waals surface area contributed by atoms with Crippen LogP contribution in [-0.4, -0.2) is 39.2 Å². The van der Waals surface area contributed by atoms with Crippen LogP contribution < -0.4 is 10.2 Å². The topological polar surface area (TPSA) is 83.9 Å². The zero-order valence-electron chi connectivity index (χ0n) is 11.7. The molecule has 1 aliphatic heterocycles. The molecule has 110 valence electrons. The molecule has 21 heavy (non-hydrogen) atoms. The molecule has 0 aromatic carbocycles. The van der Waals surface area contributed by atoms with Gasteiger partial charge in [0.25, 0.3) is 0 Å². The third-order valence-corrected chi connectivity index (χ3v) is 4.14. The number of amides is 1. The normalized spacial score (nSPS) is 18.5. The Morgan fingerprint density at radius 2 is 2.19 bits per heavy atom. The smallest absolute Gasteiger partial charge is 0.231 e. The molecule has 0 saturated carbocycles. The van der Waals surface area contributed by atoms with E-state index in [4.69, 9.17) is 0 Å². The molecular formula is C13H16N6OS. The van der Waals surface area contributed by atoms with Gasteiger partial charge in [-0.3, -0.25) is 4.79 Å². The fourth-order valence-corrected chi connectivity index (χ4v) is 2.98. The van der Waals surface area contributed by atoms with Crippen molar-refractivity contribution in [1.82, 2.24) is 20.2 Å². The number of anilines is 2. The molecule has 2 aromatic rings. The Hall–Kier alpha value is -2.09. The molecule has 1 saturated heterocycles. The van der Waals surface area contributed by atoms with Crippen molar-refractivity contribution in [2.45, 2.75) is 19.8 Å². The Bertz CT molecular complexity index is 616. The summed E-state index contributed by atoms with van der Waals surface area (Å²) in [6.07, 6.45) is 5.25. The average molecular weight is 304 g/mol. The number of carbonyl (C=O) groups is 1. The Morgan fingerprint density at radius 3 is 2.90 bits per heavy atom. The number of aryl methyl sites for hydroxylation is 1. The first-order chi connectivity index (χ1) is 10.2. The zero-order valence-corrected chi connectivity index (χ0v) is 12.5. The second kappa shape index (κ2) is 6.13. The van der Waals surface area contributed by atoms with Gasteiger partial charge in [0.1, 0.15) is 5.01 Å². The SMILES string of the molecule is Cc1nnc(NC(=O)[C@H]2CCCN(c3ncccn3)C2)s1. The van der Waals surface area contributed by atoms with Gasteiger partial charge in [-0.05, 0) is 25.8 Å². The maximum absolute atomic E-state index is 12.3. The monoisotopic (exact) mass is 304 g/mol. The quantitative estimate of drug-likeness (QED) is 0.925. The molecule has 3 rings (SSSR count). The van der Waals surface area contributed by atoms with E-state index in [1.807, 2.05) is 6.92 Å². The number of hydrogen-bond donors (Lipinski definition) is 1. The average Bonchev–Trinajstić information content (AvgIpc) is 2.93. The van der Waals surface area contributed by atoms with Crippen molar-refractivity contribution in [2.24, 2.45) is 5.92 Å². The van der Waals surface area contributed by atoms with Gasteiger partial charge < -0.3 is 10.2 Å². The van der Waals surface area contributed by atoms with Crippen molar-refractivity contribution in [3.8, 4) is 0 Å². The van der Waals surface area contributed by atoms with E-state index in [9.17, 15) is 4.79 Å². The van der Waals surface area contributed by atoms with E-state index >= 15 is 0 Å². The first-order valence-electron chi connectivity index (χ1n) is 6.85. The molecule has 1 amide bonds. The van der Waals surface area contributed by atoms with Gasteiger partial charge >= 0.3 is 0 Å². The molecule has 0 spiro atoms. The highest BCUT2D eigenvalue weighted by Crippen LogP contribution is 2.22. The molecule has 3 heterocycles. The summed E-state index contributed by atoms with van der Waals surface area (Å²) in [6, 6.07) is 1.79. The van der Waals surface area contributed by atoms with E-state index in [0.29, 0.717) is 17.6 Å². The standard InChI is InChI=1S/C13H16N6OS/c1-9-17-18-13(21-9)16-11(20)10-4-2-7-19(8-10)12-14-5-3-6-15-12/h3,5-6,10H,2,4,7-8H2,1H3,(H,16,18,20)/t10-/m0/s1. The van der Waals surface area contributed by atoms with Gasteiger partial charge in [0.15, 0.2) is 0 Å². The molecule has 1 atom stereocenters. The highest BCUT2D eigenvalue weighted by molar-refractivity contribution is 7.15. The first kappa shape index (κ1) is 13.9. The second-order valence-electron chi connectivity index (χ2n) is 4.95. The minimum atomic E-state index is -0.0771. The lowest BCUT2D eigenvalue weighted by molar-refractivity contribution is -0.120. The lowest BCUT2D eigenvalue weighted by atomic mass is 9.97. The molecule has 0 radical (unpaired) electrons. The van der Waals surface area contributed by atoms with Crippen molar-refractivity contribution in [3.05, 3.63) is 23.5 Å². The van der Waals surface area contributed by atoms with Gasteiger partial charge in [-0.15, -0.1) is 10.2 Å². The van der Waals surface area contributed by atoms with Crippen molar-refractivity contribution in [2.75, 3.05) is 23.3 Å². The Kier molecular flexibility index (Phi) is 4.05. The van der Waals surface area contributed by atoms with E-state index in [0.717, 1.165) is 24.4 Å². The Morgan fingerprint density at radius 1 is 1.38 bits per heavy atom. The number of aromatic nitrogens is 4. The van der Waals surface area contributed by atoms with Crippen LogP contribution in [0.5, 0.6) is 0 Å². The molecule has 2 aromatic heterocycles. The first-order valence-corrected chi connectivity index (χ1v) is 7.67. The minimum Gasteiger partial charge on any atom is -0.340 e. The van der Waals surface area contributed by atoms with Crippen molar-refractivity contribution >= 4 is 28.3 Å². The number of rotatable bonds is 3. The molecule has 0 unspecified atom stereocenters. The van der Waals surface area contributed by atoms with E-state index < -0.39 is 0 Å². The summed E-state index contributed by atoms with van der Waals surface area (Å²) in [5.74, 6) is 0.598. The number of nitrogens with zero attached hydrogens (tertiary/aromatic N) is 5. The minimum absolute atomic E-state index is 0.00761. The molecule has 0 aliphatic carbocycles. The van der Waals surface area contributed by atoms with E-state index in [2.05, 4.69) is 30.4 Å². The summed E-state index contributed by atoms with van der Waals surface area (Å²) in [5, 5.41) is 12.1. The summed E-state index contributed by atoms with van der Waals surface area (Å²) >= 11 is 1.38. The summed E-state index contributed by atoms with van der Waals surface area (Å²) in [6.45, 7) is 3.38. The van der Waals surface area contributed by atoms with E-state index in [1.54, 1.807) is 18.5 Å². The van der Waals surface area contributed by atoms with Crippen molar-refractivity contribution < 1.29 is 4.79 Å². The van der Waals surface area contributed by atoms with E-state index in [1.165, 1.54) is 11.3 Å². The summed E-state index contributed by atoms with van der Waals surface area (Å²) in [7, 11) is 0. The lowest BCUT2D eigenvalue weighted by Gasteiger charge is -2.31. The van der Waals surface area contributed by atoms with Crippen LogP contribution in [0.3, 0.4) is 0 Å². The fraction of sp³-hybridized carbons (Fsp3) is 0.462. The van der Waals surface area contributed by atoms with Crippen LogP contribution in [0, 0.1) is 12.8 Å². The predicted octanol–water partition coefficient (Wildman–Crippen LogP) is 1.49. The molecule has 1 fully saturated rings. The van der Waals surface area contributed by atoms with Crippen LogP contribution in [0.4, 0.5) is 11.1 Å². The highest BCUT2D eigenvalue weighted by Gasteiger charge is 2.27. The van der Waals surface area contributed by atoms with Gasteiger partial charge in [0, 0.05) is 25.5 Å². The summed E-state index contributed by atoms with van der Waals surface area (Å²) in [4.78, 5) is 22.9. The van der Waals surface area contributed by atoms with Gasteiger partial charge in [-0.1, -0.05) is 11.3 Å². The van der Waals surface area contributed by atoms with Gasteiger partial charge in [0.05, 0.1) is 5.92 Å². The van der Waals surface area contributed by atoms with Crippen LogP contribution in [0.2, 0.25) is 0 Å². The van der Waals surface area contributed by atoms with Gasteiger partial charge in [-0.2, -0.15) is 0 Å². The highest BCUT2D eigenvalue weighted by atomic mass is 32.1. The maximum atomic E-state index is 12.3. The molecule has 0 bridgehead atoms. The van der Waals surface area contributed by atoms with Crippen molar-refractivity contribution in [3.63, 3.8) is 0 Å². The molecule has 7 nitrogen and oxygen atoms in total. The Balaban J connectivity index is 1.64. The largest absolute Gasteiger partial charge is 0.340 e. The van der Waals surface area contributed by atoms with Gasteiger partial charge in [-0.25, -0.2) is 9.97 Å². The summed E-state index contributed by atoms with van der Waals surface area (Å²) < 4.78 is 0. The maximum Gasteiger partial charge on any atom is 0.231 e. The van der Waals surface area contributed by atoms with E-state index in [-0.39, 0.29) is 11.8 Å². The van der Waals surface area contributed by atoms with Crippen LogP contribution in [0.1, 0.15) is 17.8 Å². The third-order valence-electron chi connectivity index (χ3n) is 3.38. The van der Waals surface area contributed by atoms with Crippen LogP contribution >= 0.6 is 11.3 Å². The molecule has 1 aliphatic rings. The number of nitrogens with one attached hydrogen (secondary N) is 1. The number of piperidine rings is 1. The summed E-state index contributed by atoms with van der Waals surface area (Å²) in [5.41, 5.74) is 0. The van der Waals surface area contributed by atoms with Crippen LogP contribution in [0.15, 0.2) is 18.5 Å². The molecule has 1 N–H and O–H groups in total. The van der Waals surface area contributed by atoms with Crippen LogP contribution in [0.25, 0.3) is 0 Å².